The third-order valence-corrected chi connectivity index (χ3v) is 5.93. The van der Waals surface area contributed by atoms with Crippen molar-refractivity contribution in [2.45, 2.75) is 25.4 Å². The molecule has 1 saturated heterocycles. The van der Waals surface area contributed by atoms with Gasteiger partial charge in [-0.05, 0) is 36.6 Å². The monoisotopic (exact) mass is 474 g/mol. The second kappa shape index (κ2) is 10.5. The summed E-state index contributed by atoms with van der Waals surface area (Å²) in [6, 6.07) is 8.02. The van der Waals surface area contributed by atoms with Crippen molar-refractivity contribution >= 4 is 40.7 Å². The highest BCUT2D eigenvalue weighted by Gasteiger charge is 2.21. The van der Waals surface area contributed by atoms with Crippen molar-refractivity contribution in [3.63, 3.8) is 0 Å². The third-order valence-electron chi connectivity index (χ3n) is 4.91. The maximum Gasteiger partial charge on any atom is 0.258 e. The summed E-state index contributed by atoms with van der Waals surface area (Å²) in [5, 5.41) is 3.89. The highest BCUT2D eigenvalue weighted by Crippen LogP contribution is 2.33. The molecule has 162 valence electrons. The van der Waals surface area contributed by atoms with Gasteiger partial charge in [-0.1, -0.05) is 40.9 Å². The van der Waals surface area contributed by atoms with Gasteiger partial charge < -0.3 is 14.8 Å². The molecule has 0 unspecified atom stereocenters. The van der Waals surface area contributed by atoms with E-state index < -0.39 is 0 Å². The van der Waals surface area contributed by atoms with Gasteiger partial charge in [0, 0.05) is 31.7 Å². The predicted octanol–water partition coefficient (Wildman–Crippen LogP) is 4.95. The number of halogens is 4. The van der Waals surface area contributed by atoms with Gasteiger partial charge in [0.1, 0.15) is 5.75 Å². The Bertz CT molecular complexity index is 905. The standard InChI is InChI=1S/C21H22Cl3FN2O3/c1-29-19-3-2-13(8-18(19)25)11-27-6-4-14(5-7-27)26-21(28)12-30-20-10-16(23)15(22)9-17(20)24/h2-3,8-10,14H,4-7,11-12H2,1H3,(H,26,28). The Morgan fingerprint density at radius 1 is 1.10 bits per heavy atom. The molecule has 1 amide bonds. The second-order valence-corrected chi connectivity index (χ2v) is 8.29. The minimum absolute atomic E-state index is 0.0641. The summed E-state index contributed by atoms with van der Waals surface area (Å²) >= 11 is 17.9. The lowest BCUT2D eigenvalue weighted by Gasteiger charge is -2.32. The van der Waals surface area contributed by atoms with E-state index in [9.17, 15) is 9.18 Å². The fourth-order valence-electron chi connectivity index (χ4n) is 3.33. The van der Waals surface area contributed by atoms with Crippen LogP contribution in [0.25, 0.3) is 0 Å². The highest BCUT2D eigenvalue weighted by molar-refractivity contribution is 6.43. The fourth-order valence-corrected chi connectivity index (χ4v) is 3.92. The van der Waals surface area contributed by atoms with E-state index in [2.05, 4.69) is 10.2 Å². The zero-order valence-corrected chi connectivity index (χ0v) is 18.7. The van der Waals surface area contributed by atoms with E-state index in [-0.39, 0.29) is 30.1 Å². The Morgan fingerprint density at radius 3 is 2.47 bits per heavy atom. The summed E-state index contributed by atoms with van der Waals surface area (Å²) in [4.78, 5) is 14.4. The molecule has 2 aromatic carbocycles. The van der Waals surface area contributed by atoms with Crippen LogP contribution in [0.15, 0.2) is 30.3 Å². The molecule has 3 rings (SSSR count). The van der Waals surface area contributed by atoms with Crippen molar-refractivity contribution in [3.05, 3.63) is 56.8 Å². The van der Waals surface area contributed by atoms with Gasteiger partial charge in [-0.3, -0.25) is 9.69 Å². The van der Waals surface area contributed by atoms with Crippen molar-refractivity contribution < 1.29 is 18.7 Å². The largest absolute Gasteiger partial charge is 0.494 e. The normalized spacial score (nSPS) is 15.1. The lowest BCUT2D eigenvalue weighted by Crippen LogP contribution is -2.45. The first-order valence-corrected chi connectivity index (χ1v) is 10.6. The quantitative estimate of drug-likeness (QED) is 0.576. The molecule has 0 saturated carbocycles. The van der Waals surface area contributed by atoms with E-state index >= 15 is 0 Å². The lowest BCUT2D eigenvalue weighted by atomic mass is 10.0. The molecular weight excluding hydrogens is 454 g/mol. The average Bonchev–Trinajstić information content (AvgIpc) is 2.71. The SMILES string of the molecule is COc1ccc(CN2CCC(NC(=O)COc3cc(Cl)c(Cl)cc3Cl)CC2)cc1F. The number of hydrogen-bond acceptors (Lipinski definition) is 4. The molecular formula is C21H22Cl3FN2O3. The molecule has 5 nitrogen and oxygen atoms in total. The maximum atomic E-state index is 13.8. The Balaban J connectivity index is 1.42. The van der Waals surface area contributed by atoms with Crippen LogP contribution in [-0.4, -0.2) is 43.7 Å². The van der Waals surface area contributed by atoms with Gasteiger partial charge in [0.05, 0.1) is 22.2 Å². The van der Waals surface area contributed by atoms with Crippen molar-refractivity contribution in [1.29, 1.82) is 0 Å². The van der Waals surface area contributed by atoms with E-state index in [4.69, 9.17) is 44.3 Å². The molecule has 1 heterocycles. The molecule has 0 atom stereocenters. The number of benzene rings is 2. The molecule has 0 bridgehead atoms. The van der Waals surface area contributed by atoms with Gasteiger partial charge in [0.2, 0.25) is 0 Å². The first-order chi connectivity index (χ1) is 14.4. The first kappa shape index (κ1) is 22.9. The van der Waals surface area contributed by atoms with Gasteiger partial charge >= 0.3 is 0 Å². The Morgan fingerprint density at radius 2 is 1.80 bits per heavy atom. The van der Waals surface area contributed by atoms with Gasteiger partial charge in [-0.15, -0.1) is 0 Å². The first-order valence-electron chi connectivity index (χ1n) is 9.47. The molecule has 9 heteroatoms. The van der Waals surface area contributed by atoms with E-state index in [0.717, 1.165) is 31.5 Å². The average molecular weight is 476 g/mol. The number of ether oxygens (including phenoxy) is 2. The third kappa shape index (κ3) is 6.14. The van der Waals surface area contributed by atoms with Crippen LogP contribution in [0.5, 0.6) is 11.5 Å². The Labute approximate surface area is 190 Å². The number of piperidine rings is 1. The smallest absolute Gasteiger partial charge is 0.258 e. The van der Waals surface area contributed by atoms with Gasteiger partial charge in [-0.25, -0.2) is 4.39 Å². The van der Waals surface area contributed by atoms with Crippen LogP contribution in [0.2, 0.25) is 15.1 Å². The number of rotatable bonds is 7. The number of nitrogens with zero attached hydrogens (tertiary/aromatic N) is 1. The zero-order chi connectivity index (χ0) is 21.7. The topological polar surface area (TPSA) is 50.8 Å². The van der Waals surface area contributed by atoms with Crippen LogP contribution < -0.4 is 14.8 Å². The number of carbonyl (C=O) groups is 1. The Hall–Kier alpha value is -1.73. The van der Waals surface area contributed by atoms with Crippen molar-refractivity contribution in [2.75, 3.05) is 26.8 Å². The van der Waals surface area contributed by atoms with Crippen LogP contribution in [0, 0.1) is 5.82 Å². The van der Waals surface area contributed by atoms with Gasteiger partial charge in [0.15, 0.2) is 18.2 Å². The Kier molecular flexibility index (Phi) is 8.06. The molecule has 1 N–H and O–H groups in total. The fraction of sp³-hybridized carbons (Fsp3) is 0.381. The van der Waals surface area contributed by atoms with Gasteiger partial charge in [-0.2, -0.15) is 0 Å². The van der Waals surface area contributed by atoms with Gasteiger partial charge in [0.25, 0.3) is 5.91 Å². The molecule has 0 radical (unpaired) electrons. The van der Waals surface area contributed by atoms with Crippen molar-refractivity contribution in [2.24, 2.45) is 0 Å². The number of hydrogen-bond donors (Lipinski definition) is 1. The highest BCUT2D eigenvalue weighted by atomic mass is 35.5. The van der Waals surface area contributed by atoms with E-state index in [1.165, 1.54) is 25.3 Å². The molecule has 0 aromatic heterocycles. The summed E-state index contributed by atoms with van der Waals surface area (Å²) in [5.41, 5.74) is 0.891. The van der Waals surface area contributed by atoms with Crippen LogP contribution in [0.1, 0.15) is 18.4 Å². The minimum atomic E-state index is -0.362. The molecule has 1 fully saturated rings. The van der Waals surface area contributed by atoms with E-state index in [1.54, 1.807) is 6.07 Å². The number of carbonyl (C=O) groups excluding carboxylic acids is 1. The summed E-state index contributed by atoms with van der Waals surface area (Å²) in [7, 11) is 1.45. The summed E-state index contributed by atoms with van der Waals surface area (Å²) in [5.74, 6) is -0.0423. The molecule has 1 aliphatic heterocycles. The number of nitrogens with one attached hydrogen (secondary N) is 1. The lowest BCUT2D eigenvalue weighted by molar-refractivity contribution is -0.124. The molecule has 30 heavy (non-hydrogen) atoms. The van der Waals surface area contributed by atoms with Crippen molar-refractivity contribution in [1.82, 2.24) is 10.2 Å². The maximum absolute atomic E-state index is 13.8. The second-order valence-electron chi connectivity index (χ2n) is 7.07. The van der Waals surface area contributed by atoms with Crippen molar-refractivity contribution in [3.8, 4) is 11.5 Å². The summed E-state index contributed by atoms with van der Waals surface area (Å²) < 4.78 is 24.3. The molecule has 1 aliphatic rings. The van der Waals surface area contributed by atoms with Crippen LogP contribution in [-0.2, 0) is 11.3 Å². The minimum Gasteiger partial charge on any atom is -0.494 e. The molecule has 0 spiro atoms. The number of amides is 1. The van der Waals surface area contributed by atoms with Crippen LogP contribution in [0.3, 0.4) is 0 Å². The van der Waals surface area contributed by atoms with Crippen LogP contribution >= 0.6 is 34.8 Å². The number of likely N-dealkylation sites (tertiary alicyclic amines) is 1. The van der Waals surface area contributed by atoms with Crippen LogP contribution in [0.4, 0.5) is 4.39 Å². The number of methoxy groups -OCH3 is 1. The van der Waals surface area contributed by atoms with E-state index in [0.29, 0.717) is 27.4 Å². The zero-order valence-electron chi connectivity index (χ0n) is 16.4. The summed E-state index contributed by atoms with van der Waals surface area (Å²) in [6.45, 7) is 2.10. The predicted molar refractivity (Wildman–Crippen MR) is 116 cm³/mol. The molecule has 0 aliphatic carbocycles. The molecule has 2 aromatic rings. The van der Waals surface area contributed by atoms with E-state index in [1.807, 2.05) is 6.07 Å². The summed E-state index contributed by atoms with van der Waals surface area (Å²) in [6.07, 6.45) is 1.61.